The van der Waals surface area contributed by atoms with Crippen LogP contribution in [0.1, 0.15) is 0 Å². The van der Waals surface area contributed by atoms with Gasteiger partial charge in [-0.2, -0.15) is 0 Å². The Balaban J connectivity index is 2.39. The van der Waals surface area contributed by atoms with Gasteiger partial charge < -0.3 is 4.74 Å². The number of nitro groups is 1. The van der Waals surface area contributed by atoms with Gasteiger partial charge in [0.05, 0.1) is 4.92 Å². The standard InChI is InChI=1S/C11H6ClFN2O3/c12-10-2-1-3-11(14-10)18-9-6-7(13)4-5-8(9)15(16)17/h1-6H. The minimum atomic E-state index is -0.667. The molecule has 0 atom stereocenters. The molecule has 92 valence electrons. The Kier molecular flexibility index (Phi) is 3.38. The van der Waals surface area contributed by atoms with Crippen LogP contribution in [0.4, 0.5) is 10.1 Å². The van der Waals surface area contributed by atoms with Crippen LogP contribution >= 0.6 is 11.6 Å². The van der Waals surface area contributed by atoms with E-state index in [-0.39, 0.29) is 22.5 Å². The lowest BCUT2D eigenvalue weighted by atomic mass is 10.3. The molecule has 0 aliphatic carbocycles. The van der Waals surface area contributed by atoms with Crippen molar-refractivity contribution in [3.63, 3.8) is 0 Å². The summed E-state index contributed by atoms with van der Waals surface area (Å²) in [6, 6.07) is 7.47. The maximum Gasteiger partial charge on any atom is 0.311 e. The molecule has 0 aliphatic rings. The zero-order chi connectivity index (χ0) is 13.1. The first-order valence-corrected chi connectivity index (χ1v) is 5.18. The van der Waals surface area contributed by atoms with Crippen LogP contribution in [-0.2, 0) is 0 Å². The van der Waals surface area contributed by atoms with Gasteiger partial charge in [-0.25, -0.2) is 9.37 Å². The second kappa shape index (κ2) is 4.97. The third-order valence-electron chi connectivity index (χ3n) is 2.02. The molecule has 0 N–H and O–H groups in total. The smallest absolute Gasteiger partial charge is 0.311 e. The van der Waals surface area contributed by atoms with Crippen LogP contribution < -0.4 is 4.74 Å². The van der Waals surface area contributed by atoms with Crippen molar-refractivity contribution in [3.8, 4) is 11.6 Å². The van der Waals surface area contributed by atoms with E-state index < -0.39 is 10.7 Å². The number of benzene rings is 1. The van der Waals surface area contributed by atoms with Crippen LogP contribution in [0.25, 0.3) is 0 Å². The Morgan fingerprint density at radius 3 is 2.78 bits per heavy atom. The Labute approximate surface area is 106 Å². The van der Waals surface area contributed by atoms with Gasteiger partial charge in [0.25, 0.3) is 0 Å². The number of rotatable bonds is 3. The van der Waals surface area contributed by atoms with Gasteiger partial charge in [-0.1, -0.05) is 17.7 Å². The molecule has 2 rings (SSSR count). The number of nitro benzene ring substituents is 1. The Hall–Kier alpha value is -2.21. The van der Waals surface area contributed by atoms with Crippen LogP contribution in [-0.4, -0.2) is 9.91 Å². The molecular weight excluding hydrogens is 263 g/mol. The van der Waals surface area contributed by atoms with Crippen LogP contribution in [0.3, 0.4) is 0 Å². The predicted molar refractivity (Wildman–Crippen MR) is 62.4 cm³/mol. The van der Waals surface area contributed by atoms with E-state index in [1.54, 1.807) is 6.07 Å². The lowest BCUT2D eigenvalue weighted by Gasteiger charge is -2.05. The summed E-state index contributed by atoms with van der Waals surface area (Å²) >= 11 is 5.65. The molecule has 0 fully saturated rings. The minimum absolute atomic E-state index is 0.0520. The van der Waals surface area contributed by atoms with Gasteiger partial charge in [0.1, 0.15) is 11.0 Å². The molecule has 1 aromatic carbocycles. The summed E-state index contributed by atoms with van der Waals surface area (Å²) in [6.07, 6.45) is 0. The first-order valence-electron chi connectivity index (χ1n) is 4.80. The highest BCUT2D eigenvalue weighted by atomic mass is 35.5. The summed E-state index contributed by atoms with van der Waals surface area (Å²) in [4.78, 5) is 13.9. The largest absolute Gasteiger partial charge is 0.432 e. The molecule has 0 unspecified atom stereocenters. The van der Waals surface area contributed by atoms with Crippen molar-refractivity contribution < 1.29 is 14.1 Å². The molecule has 0 spiro atoms. The maximum atomic E-state index is 13.0. The SMILES string of the molecule is O=[N+]([O-])c1ccc(F)cc1Oc1cccc(Cl)n1. The van der Waals surface area contributed by atoms with E-state index in [2.05, 4.69) is 4.98 Å². The van der Waals surface area contributed by atoms with E-state index in [9.17, 15) is 14.5 Å². The fourth-order valence-electron chi connectivity index (χ4n) is 1.28. The van der Waals surface area contributed by atoms with Crippen molar-refractivity contribution >= 4 is 17.3 Å². The van der Waals surface area contributed by atoms with Crippen LogP contribution in [0.5, 0.6) is 11.6 Å². The molecule has 1 heterocycles. The summed E-state index contributed by atoms with van der Waals surface area (Å²) in [5.74, 6) is -0.816. The highest BCUT2D eigenvalue weighted by Gasteiger charge is 2.17. The molecule has 7 heteroatoms. The summed E-state index contributed by atoms with van der Waals surface area (Å²) in [5.41, 5.74) is -0.349. The Morgan fingerprint density at radius 2 is 2.11 bits per heavy atom. The number of halogens is 2. The van der Waals surface area contributed by atoms with Gasteiger partial charge in [0, 0.05) is 18.2 Å². The van der Waals surface area contributed by atoms with Crippen LogP contribution in [0, 0.1) is 15.9 Å². The molecule has 0 saturated carbocycles. The number of aromatic nitrogens is 1. The summed E-state index contributed by atoms with van der Waals surface area (Å²) < 4.78 is 18.2. The van der Waals surface area contributed by atoms with Crippen molar-refractivity contribution in [1.29, 1.82) is 0 Å². The quantitative estimate of drug-likeness (QED) is 0.485. The van der Waals surface area contributed by atoms with Gasteiger partial charge in [-0.05, 0) is 12.1 Å². The van der Waals surface area contributed by atoms with Gasteiger partial charge in [-0.15, -0.1) is 0 Å². The number of nitrogens with zero attached hydrogens (tertiary/aromatic N) is 2. The fourth-order valence-corrected chi connectivity index (χ4v) is 1.44. The van der Waals surface area contributed by atoms with Crippen LogP contribution in [0.15, 0.2) is 36.4 Å². The highest BCUT2D eigenvalue weighted by Crippen LogP contribution is 2.31. The van der Waals surface area contributed by atoms with E-state index in [1.165, 1.54) is 12.1 Å². The minimum Gasteiger partial charge on any atom is -0.432 e. The monoisotopic (exact) mass is 268 g/mol. The highest BCUT2D eigenvalue weighted by molar-refractivity contribution is 6.29. The molecule has 0 bridgehead atoms. The first-order chi connectivity index (χ1) is 8.56. The second-order valence-electron chi connectivity index (χ2n) is 3.27. The number of pyridine rings is 1. The lowest BCUT2D eigenvalue weighted by Crippen LogP contribution is -1.95. The van der Waals surface area contributed by atoms with E-state index in [0.29, 0.717) is 0 Å². The molecular formula is C11H6ClFN2O3. The zero-order valence-electron chi connectivity index (χ0n) is 8.84. The average molecular weight is 269 g/mol. The van der Waals surface area contributed by atoms with Crippen LogP contribution in [0.2, 0.25) is 5.15 Å². The fraction of sp³-hybridized carbons (Fsp3) is 0. The van der Waals surface area contributed by atoms with E-state index >= 15 is 0 Å². The van der Waals surface area contributed by atoms with Crippen molar-refractivity contribution in [2.75, 3.05) is 0 Å². The molecule has 0 radical (unpaired) electrons. The Bertz CT molecular complexity index is 607. The number of hydrogen-bond donors (Lipinski definition) is 0. The van der Waals surface area contributed by atoms with Gasteiger partial charge in [-0.3, -0.25) is 10.1 Å². The van der Waals surface area contributed by atoms with Gasteiger partial charge in [0.2, 0.25) is 11.6 Å². The van der Waals surface area contributed by atoms with Crippen molar-refractivity contribution in [2.24, 2.45) is 0 Å². The number of hydrogen-bond acceptors (Lipinski definition) is 4. The molecule has 0 amide bonds. The van der Waals surface area contributed by atoms with Crippen molar-refractivity contribution in [2.45, 2.75) is 0 Å². The molecule has 0 aliphatic heterocycles. The molecule has 1 aromatic heterocycles. The summed E-state index contributed by atoms with van der Waals surface area (Å²) in [5, 5.41) is 10.9. The number of ether oxygens (including phenoxy) is 1. The van der Waals surface area contributed by atoms with E-state index in [4.69, 9.17) is 16.3 Å². The summed E-state index contributed by atoms with van der Waals surface area (Å²) in [7, 11) is 0. The van der Waals surface area contributed by atoms with Crippen molar-refractivity contribution in [3.05, 3.63) is 57.5 Å². The third-order valence-corrected chi connectivity index (χ3v) is 2.23. The maximum absolute atomic E-state index is 13.0. The average Bonchev–Trinajstić information content (AvgIpc) is 2.28. The molecule has 18 heavy (non-hydrogen) atoms. The van der Waals surface area contributed by atoms with Gasteiger partial charge >= 0.3 is 5.69 Å². The lowest BCUT2D eigenvalue weighted by molar-refractivity contribution is -0.385. The van der Waals surface area contributed by atoms with E-state index in [0.717, 1.165) is 18.2 Å². The first kappa shape index (κ1) is 12.3. The molecule has 5 nitrogen and oxygen atoms in total. The topological polar surface area (TPSA) is 65.3 Å². The Morgan fingerprint density at radius 1 is 1.33 bits per heavy atom. The predicted octanol–water partition coefficient (Wildman–Crippen LogP) is 3.57. The normalized spacial score (nSPS) is 10.1. The molecule has 2 aromatic rings. The van der Waals surface area contributed by atoms with Gasteiger partial charge in [0.15, 0.2) is 0 Å². The zero-order valence-corrected chi connectivity index (χ0v) is 9.60. The molecule has 0 saturated heterocycles. The second-order valence-corrected chi connectivity index (χ2v) is 3.66. The third kappa shape index (κ3) is 2.72. The van der Waals surface area contributed by atoms with E-state index in [1.807, 2.05) is 0 Å². The van der Waals surface area contributed by atoms with Crippen molar-refractivity contribution in [1.82, 2.24) is 4.98 Å². The summed E-state index contributed by atoms with van der Waals surface area (Å²) in [6.45, 7) is 0.